The lowest BCUT2D eigenvalue weighted by Gasteiger charge is -2.04. The molecular formula is C12H14O3. The summed E-state index contributed by atoms with van der Waals surface area (Å²) in [6, 6.07) is 9.54. The largest absolute Gasteiger partial charge is 0.490 e. The van der Waals surface area contributed by atoms with E-state index in [2.05, 4.69) is 0 Å². The fraction of sp³-hybridized carbons (Fsp3) is 0.417. The molecule has 1 saturated carbocycles. The predicted octanol–water partition coefficient (Wildman–Crippen LogP) is 2.02. The molecule has 0 aliphatic heterocycles. The monoisotopic (exact) mass is 206 g/mol. The quantitative estimate of drug-likeness (QED) is 0.707. The molecular weight excluding hydrogens is 192 g/mol. The van der Waals surface area contributed by atoms with E-state index in [0.29, 0.717) is 6.61 Å². The van der Waals surface area contributed by atoms with Crippen molar-refractivity contribution in [3.8, 4) is 5.75 Å². The number of rotatable bonds is 4. The molecule has 0 aromatic heterocycles. The molecule has 0 spiro atoms. The second kappa shape index (κ2) is 4.34. The summed E-state index contributed by atoms with van der Waals surface area (Å²) in [5.74, 6) is 0.609. The summed E-state index contributed by atoms with van der Waals surface area (Å²) >= 11 is 0. The molecule has 0 radical (unpaired) electrons. The Morgan fingerprint density at radius 3 is 2.80 bits per heavy atom. The highest BCUT2D eigenvalue weighted by atomic mass is 16.5. The van der Waals surface area contributed by atoms with Crippen molar-refractivity contribution in [3.63, 3.8) is 0 Å². The van der Waals surface area contributed by atoms with Crippen molar-refractivity contribution in [1.29, 1.82) is 0 Å². The number of esters is 1. The van der Waals surface area contributed by atoms with Gasteiger partial charge < -0.3 is 9.47 Å². The van der Waals surface area contributed by atoms with Crippen molar-refractivity contribution in [3.05, 3.63) is 30.3 Å². The summed E-state index contributed by atoms with van der Waals surface area (Å²) in [5.41, 5.74) is 0. The zero-order valence-corrected chi connectivity index (χ0v) is 8.68. The van der Waals surface area contributed by atoms with E-state index in [-0.39, 0.29) is 18.0 Å². The van der Waals surface area contributed by atoms with Crippen LogP contribution in [0.4, 0.5) is 0 Å². The van der Waals surface area contributed by atoms with Crippen LogP contribution in [0.5, 0.6) is 5.75 Å². The molecule has 1 aliphatic rings. The Morgan fingerprint density at radius 2 is 2.13 bits per heavy atom. The van der Waals surface area contributed by atoms with Crippen molar-refractivity contribution < 1.29 is 14.3 Å². The smallest absolute Gasteiger partial charge is 0.312 e. The van der Waals surface area contributed by atoms with Crippen LogP contribution in [0.1, 0.15) is 13.3 Å². The second-order valence-electron chi connectivity index (χ2n) is 3.56. The van der Waals surface area contributed by atoms with Crippen LogP contribution in [0.25, 0.3) is 0 Å². The minimum atomic E-state index is -0.140. The van der Waals surface area contributed by atoms with E-state index < -0.39 is 0 Å². The van der Waals surface area contributed by atoms with Crippen LogP contribution in [0.15, 0.2) is 30.3 Å². The van der Waals surface area contributed by atoms with Crippen LogP contribution in [0.2, 0.25) is 0 Å². The molecule has 1 fully saturated rings. The topological polar surface area (TPSA) is 35.5 Å². The highest BCUT2D eigenvalue weighted by Gasteiger charge is 2.46. The van der Waals surface area contributed by atoms with Crippen LogP contribution in [-0.2, 0) is 9.53 Å². The van der Waals surface area contributed by atoms with Crippen molar-refractivity contribution >= 4 is 5.97 Å². The minimum Gasteiger partial charge on any atom is -0.490 e. The van der Waals surface area contributed by atoms with Gasteiger partial charge in [0.25, 0.3) is 0 Å². The zero-order chi connectivity index (χ0) is 10.7. The molecule has 0 bridgehead atoms. The number of hydrogen-bond acceptors (Lipinski definition) is 3. The molecule has 2 rings (SSSR count). The van der Waals surface area contributed by atoms with Gasteiger partial charge in [0.15, 0.2) is 0 Å². The fourth-order valence-corrected chi connectivity index (χ4v) is 1.47. The molecule has 0 heterocycles. The highest BCUT2D eigenvalue weighted by molar-refractivity contribution is 5.76. The Kier molecular flexibility index (Phi) is 2.90. The molecule has 80 valence electrons. The second-order valence-corrected chi connectivity index (χ2v) is 3.56. The average molecular weight is 206 g/mol. The first kappa shape index (κ1) is 10.0. The zero-order valence-electron chi connectivity index (χ0n) is 8.68. The summed E-state index contributed by atoms with van der Waals surface area (Å²) in [6.45, 7) is 2.25. The van der Waals surface area contributed by atoms with Gasteiger partial charge in [-0.15, -0.1) is 0 Å². The molecule has 0 saturated heterocycles. The third-order valence-electron chi connectivity index (χ3n) is 2.35. The molecule has 1 aromatic carbocycles. The molecule has 0 unspecified atom stereocenters. The maximum atomic E-state index is 11.3. The van der Waals surface area contributed by atoms with E-state index in [1.54, 1.807) is 0 Å². The Labute approximate surface area is 89.0 Å². The van der Waals surface area contributed by atoms with E-state index in [1.165, 1.54) is 0 Å². The van der Waals surface area contributed by atoms with E-state index >= 15 is 0 Å². The first-order valence-electron chi connectivity index (χ1n) is 5.19. The lowest BCUT2D eigenvalue weighted by atomic mass is 10.3. The summed E-state index contributed by atoms with van der Waals surface area (Å²) in [6.07, 6.45) is 0.778. The van der Waals surface area contributed by atoms with Crippen LogP contribution in [0, 0.1) is 5.92 Å². The molecule has 1 aliphatic carbocycles. The maximum Gasteiger partial charge on any atom is 0.312 e. The number of para-hydroxylation sites is 1. The summed E-state index contributed by atoms with van der Waals surface area (Å²) < 4.78 is 10.5. The number of carbonyl (C=O) groups excluding carboxylic acids is 1. The third kappa shape index (κ3) is 2.49. The SMILES string of the molecule is CCOC(=O)[C@H]1C[C@@H]1Oc1ccccc1. The van der Waals surface area contributed by atoms with E-state index in [0.717, 1.165) is 12.2 Å². The number of ether oxygens (including phenoxy) is 2. The van der Waals surface area contributed by atoms with Gasteiger partial charge in [-0.1, -0.05) is 18.2 Å². The molecule has 3 heteroatoms. The molecule has 1 aromatic rings. The Balaban J connectivity index is 1.83. The van der Waals surface area contributed by atoms with E-state index in [9.17, 15) is 4.79 Å². The summed E-state index contributed by atoms with van der Waals surface area (Å²) in [5, 5.41) is 0. The molecule has 3 nitrogen and oxygen atoms in total. The van der Waals surface area contributed by atoms with Crippen molar-refractivity contribution in [2.24, 2.45) is 5.92 Å². The molecule has 15 heavy (non-hydrogen) atoms. The summed E-state index contributed by atoms with van der Waals surface area (Å²) in [7, 11) is 0. The standard InChI is InChI=1S/C12H14O3/c1-2-14-12(13)10-8-11(10)15-9-6-4-3-5-7-9/h3-7,10-11H,2,8H2,1H3/t10-,11-/m0/s1. The minimum absolute atomic E-state index is 0.00597. The number of benzene rings is 1. The van der Waals surface area contributed by atoms with E-state index in [4.69, 9.17) is 9.47 Å². The van der Waals surface area contributed by atoms with Crippen molar-refractivity contribution in [2.75, 3.05) is 6.61 Å². The van der Waals surface area contributed by atoms with Gasteiger partial charge in [0.1, 0.15) is 11.9 Å². The van der Waals surface area contributed by atoms with Gasteiger partial charge >= 0.3 is 5.97 Å². The maximum absolute atomic E-state index is 11.3. The Hall–Kier alpha value is -1.51. The predicted molar refractivity (Wildman–Crippen MR) is 55.6 cm³/mol. The fourth-order valence-electron chi connectivity index (χ4n) is 1.47. The van der Waals surface area contributed by atoms with E-state index in [1.807, 2.05) is 37.3 Å². The molecule has 0 N–H and O–H groups in total. The highest BCUT2D eigenvalue weighted by Crippen LogP contribution is 2.35. The van der Waals surface area contributed by atoms with Gasteiger partial charge in [-0.05, 0) is 19.1 Å². The number of hydrogen-bond donors (Lipinski definition) is 0. The van der Waals surface area contributed by atoms with Gasteiger partial charge in [0.2, 0.25) is 0 Å². The van der Waals surface area contributed by atoms with Gasteiger partial charge in [0, 0.05) is 6.42 Å². The van der Waals surface area contributed by atoms with Gasteiger partial charge in [-0.3, -0.25) is 4.79 Å². The third-order valence-corrected chi connectivity index (χ3v) is 2.35. The van der Waals surface area contributed by atoms with Crippen LogP contribution in [-0.4, -0.2) is 18.7 Å². The Morgan fingerprint density at radius 1 is 1.40 bits per heavy atom. The lowest BCUT2D eigenvalue weighted by Crippen LogP contribution is -2.11. The van der Waals surface area contributed by atoms with Crippen LogP contribution in [0.3, 0.4) is 0 Å². The Bertz CT molecular complexity index is 334. The first-order valence-corrected chi connectivity index (χ1v) is 5.19. The molecule has 0 amide bonds. The molecule has 2 atom stereocenters. The lowest BCUT2D eigenvalue weighted by molar-refractivity contribution is -0.145. The van der Waals surface area contributed by atoms with Gasteiger partial charge in [0.05, 0.1) is 12.5 Å². The van der Waals surface area contributed by atoms with Crippen molar-refractivity contribution in [1.82, 2.24) is 0 Å². The van der Waals surface area contributed by atoms with Crippen LogP contribution < -0.4 is 4.74 Å². The average Bonchev–Trinajstić information content (AvgIpc) is 2.99. The van der Waals surface area contributed by atoms with Crippen molar-refractivity contribution in [2.45, 2.75) is 19.4 Å². The first-order chi connectivity index (χ1) is 7.31. The van der Waals surface area contributed by atoms with Crippen LogP contribution >= 0.6 is 0 Å². The summed E-state index contributed by atoms with van der Waals surface area (Å²) in [4.78, 5) is 11.3. The number of carbonyl (C=O) groups is 1. The normalized spacial score (nSPS) is 23.3. The van der Waals surface area contributed by atoms with Gasteiger partial charge in [-0.2, -0.15) is 0 Å². The van der Waals surface area contributed by atoms with Gasteiger partial charge in [-0.25, -0.2) is 0 Å².